The standard InChI is InChI=1S/C20H13ClN4.C2HF3O2/c21-15-2-4-16-14(9-15)11-19(23-16)20-24-17-3-1-13(10-18(17)25-20)12-5-7-22-8-6-12;3-2(4,5)1(6)7/h1-11,23H,(H,24,25);(H,6,7). The van der Waals surface area contributed by atoms with E-state index >= 15 is 0 Å². The summed E-state index contributed by atoms with van der Waals surface area (Å²) in [5, 5.41) is 8.92. The van der Waals surface area contributed by atoms with E-state index in [1.165, 1.54) is 0 Å². The molecule has 3 heterocycles. The van der Waals surface area contributed by atoms with Gasteiger partial charge in [-0.3, -0.25) is 4.98 Å². The van der Waals surface area contributed by atoms with Crippen LogP contribution in [0, 0.1) is 0 Å². The average Bonchev–Trinajstić information content (AvgIpc) is 3.37. The second-order valence-corrected chi connectivity index (χ2v) is 7.21. The first-order chi connectivity index (χ1) is 15.2. The second kappa shape index (κ2) is 8.35. The Morgan fingerprint density at radius 3 is 2.31 bits per heavy atom. The normalized spacial score (nSPS) is 11.4. The maximum atomic E-state index is 10.6. The predicted molar refractivity (Wildman–Crippen MR) is 115 cm³/mol. The highest BCUT2D eigenvalue weighted by Crippen LogP contribution is 2.28. The molecule has 2 aromatic carbocycles. The van der Waals surface area contributed by atoms with Gasteiger partial charge in [-0.1, -0.05) is 17.7 Å². The van der Waals surface area contributed by atoms with Gasteiger partial charge in [-0.2, -0.15) is 13.2 Å². The molecule has 0 spiro atoms. The van der Waals surface area contributed by atoms with Crippen molar-refractivity contribution in [3.8, 4) is 22.6 Å². The molecule has 6 nitrogen and oxygen atoms in total. The van der Waals surface area contributed by atoms with Crippen molar-refractivity contribution in [2.75, 3.05) is 0 Å². The van der Waals surface area contributed by atoms with Crippen LogP contribution >= 0.6 is 11.6 Å². The number of nitrogens with zero attached hydrogens (tertiary/aromatic N) is 2. The molecule has 10 heteroatoms. The summed E-state index contributed by atoms with van der Waals surface area (Å²) in [4.78, 5) is 24.5. The molecule has 0 bridgehead atoms. The summed E-state index contributed by atoms with van der Waals surface area (Å²) < 4.78 is 31.7. The van der Waals surface area contributed by atoms with Gasteiger partial charge >= 0.3 is 12.1 Å². The number of halogens is 4. The van der Waals surface area contributed by atoms with Crippen molar-refractivity contribution < 1.29 is 23.1 Å². The van der Waals surface area contributed by atoms with Gasteiger partial charge < -0.3 is 15.1 Å². The fraction of sp³-hybridized carbons (Fsp3) is 0.0455. The minimum absolute atomic E-state index is 0.727. The molecule has 0 radical (unpaired) electrons. The number of nitrogens with one attached hydrogen (secondary N) is 2. The van der Waals surface area contributed by atoms with Crippen LogP contribution in [0.4, 0.5) is 13.2 Å². The summed E-state index contributed by atoms with van der Waals surface area (Å²) in [6.45, 7) is 0. The third kappa shape index (κ3) is 4.57. The van der Waals surface area contributed by atoms with Crippen molar-refractivity contribution in [2.24, 2.45) is 0 Å². The van der Waals surface area contributed by atoms with Gasteiger partial charge in [0.1, 0.15) is 0 Å². The van der Waals surface area contributed by atoms with E-state index in [9.17, 15) is 13.2 Å². The molecule has 162 valence electrons. The lowest BCUT2D eigenvalue weighted by Crippen LogP contribution is -2.21. The lowest BCUT2D eigenvalue weighted by atomic mass is 10.1. The first-order valence-corrected chi connectivity index (χ1v) is 9.57. The number of carboxylic acids is 1. The number of imidazole rings is 1. The monoisotopic (exact) mass is 458 g/mol. The van der Waals surface area contributed by atoms with Gasteiger partial charge in [0.25, 0.3) is 0 Å². The molecule has 5 aromatic rings. The van der Waals surface area contributed by atoms with Crippen LogP contribution < -0.4 is 0 Å². The Kier molecular flexibility index (Phi) is 5.58. The molecule has 0 aliphatic heterocycles. The van der Waals surface area contributed by atoms with Gasteiger partial charge in [0.05, 0.1) is 16.7 Å². The largest absolute Gasteiger partial charge is 0.490 e. The molecule has 0 saturated heterocycles. The summed E-state index contributed by atoms with van der Waals surface area (Å²) >= 11 is 6.07. The van der Waals surface area contributed by atoms with Crippen LogP contribution in [0.25, 0.3) is 44.6 Å². The van der Waals surface area contributed by atoms with Crippen LogP contribution in [-0.2, 0) is 4.79 Å². The fourth-order valence-electron chi connectivity index (χ4n) is 3.09. The highest BCUT2D eigenvalue weighted by molar-refractivity contribution is 6.31. The van der Waals surface area contributed by atoms with Crippen molar-refractivity contribution in [1.82, 2.24) is 19.9 Å². The number of alkyl halides is 3. The third-order valence-electron chi connectivity index (χ3n) is 4.58. The fourth-order valence-corrected chi connectivity index (χ4v) is 3.27. The molecule has 0 unspecified atom stereocenters. The van der Waals surface area contributed by atoms with Gasteiger partial charge in [0.15, 0.2) is 5.82 Å². The number of aromatic nitrogens is 4. The minimum Gasteiger partial charge on any atom is -0.475 e. The first kappa shape index (κ1) is 21.4. The van der Waals surface area contributed by atoms with Crippen LogP contribution in [0.3, 0.4) is 0 Å². The maximum absolute atomic E-state index is 10.6. The Morgan fingerprint density at radius 2 is 1.62 bits per heavy atom. The zero-order chi connectivity index (χ0) is 22.9. The van der Waals surface area contributed by atoms with Crippen molar-refractivity contribution >= 4 is 39.5 Å². The van der Waals surface area contributed by atoms with E-state index in [-0.39, 0.29) is 0 Å². The molecule has 0 fully saturated rings. The van der Waals surface area contributed by atoms with Gasteiger partial charge in [-0.15, -0.1) is 0 Å². The Labute approximate surface area is 183 Å². The van der Waals surface area contributed by atoms with E-state index in [0.717, 1.165) is 49.6 Å². The first-order valence-electron chi connectivity index (χ1n) is 9.19. The number of H-pyrrole nitrogens is 2. The van der Waals surface area contributed by atoms with E-state index in [1.807, 2.05) is 36.4 Å². The number of hydrogen-bond acceptors (Lipinski definition) is 3. The average molecular weight is 459 g/mol. The Bertz CT molecular complexity index is 1410. The van der Waals surface area contributed by atoms with Gasteiger partial charge in [-0.05, 0) is 59.7 Å². The van der Waals surface area contributed by atoms with Crippen molar-refractivity contribution in [3.63, 3.8) is 0 Å². The summed E-state index contributed by atoms with van der Waals surface area (Å²) in [6.07, 6.45) is -1.49. The minimum atomic E-state index is -5.08. The van der Waals surface area contributed by atoms with Crippen LogP contribution in [0.1, 0.15) is 0 Å². The summed E-state index contributed by atoms with van der Waals surface area (Å²) in [5.74, 6) is -1.94. The quantitative estimate of drug-likeness (QED) is 0.299. The molecule has 3 N–H and O–H groups in total. The van der Waals surface area contributed by atoms with Gasteiger partial charge in [0.2, 0.25) is 0 Å². The molecule has 0 aliphatic rings. The molecule has 3 aromatic heterocycles. The van der Waals surface area contributed by atoms with Crippen LogP contribution in [0.5, 0.6) is 0 Å². The van der Waals surface area contributed by atoms with Crippen LogP contribution in [0.15, 0.2) is 67.0 Å². The topological polar surface area (TPSA) is 94.7 Å². The molecular weight excluding hydrogens is 445 g/mol. The highest BCUT2D eigenvalue weighted by atomic mass is 35.5. The van der Waals surface area contributed by atoms with E-state index in [4.69, 9.17) is 26.5 Å². The number of carbonyl (C=O) groups is 1. The van der Waals surface area contributed by atoms with E-state index < -0.39 is 12.1 Å². The number of pyridine rings is 1. The van der Waals surface area contributed by atoms with Gasteiger partial charge in [0, 0.05) is 28.3 Å². The molecule has 0 saturated carbocycles. The Balaban J connectivity index is 0.000000307. The van der Waals surface area contributed by atoms with Crippen molar-refractivity contribution in [1.29, 1.82) is 0 Å². The highest BCUT2D eigenvalue weighted by Gasteiger charge is 2.38. The number of carboxylic acid groups (broad SMARTS) is 1. The van der Waals surface area contributed by atoms with Crippen molar-refractivity contribution in [3.05, 3.63) is 72.0 Å². The smallest absolute Gasteiger partial charge is 0.475 e. The number of benzene rings is 2. The molecule has 5 rings (SSSR count). The second-order valence-electron chi connectivity index (χ2n) is 6.77. The number of fused-ring (bicyclic) bond motifs is 2. The number of aliphatic carboxylic acids is 1. The molecule has 32 heavy (non-hydrogen) atoms. The maximum Gasteiger partial charge on any atom is 0.490 e. The van der Waals surface area contributed by atoms with E-state index in [2.05, 4.69) is 33.2 Å². The lowest BCUT2D eigenvalue weighted by molar-refractivity contribution is -0.192. The van der Waals surface area contributed by atoms with Crippen LogP contribution in [-0.4, -0.2) is 37.2 Å². The zero-order valence-corrected chi connectivity index (χ0v) is 16.9. The van der Waals surface area contributed by atoms with Crippen molar-refractivity contribution in [2.45, 2.75) is 6.18 Å². The molecule has 0 amide bonds. The summed E-state index contributed by atoms with van der Waals surface area (Å²) in [7, 11) is 0. The van der Waals surface area contributed by atoms with E-state index in [1.54, 1.807) is 12.4 Å². The summed E-state index contributed by atoms with van der Waals surface area (Å²) in [5.41, 5.74) is 6.18. The number of rotatable bonds is 2. The predicted octanol–water partition coefficient (Wildman–Crippen LogP) is 6.06. The number of aromatic amines is 2. The lowest BCUT2D eigenvalue weighted by Gasteiger charge is -2.00. The molecule has 0 atom stereocenters. The van der Waals surface area contributed by atoms with E-state index in [0.29, 0.717) is 0 Å². The number of hydrogen-bond donors (Lipinski definition) is 3. The molecular formula is C22H14ClF3N4O2. The third-order valence-corrected chi connectivity index (χ3v) is 4.81. The summed E-state index contributed by atoms with van der Waals surface area (Å²) in [6, 6.07) is 18.1. The SMILES string of the molecule is Clc1ccc2[nH]c(-c3nc4ccc(-c5ccncc5)cc4[nH]3)cc2c1.O=C(O)C(F)(F)F. The Hall–Kier alpha value is -3.85. The zero-order valence-electron chi connectivity index (χ0n) is 16.1. The molecule has 0 aliphatic carbocycles. The Morgan fingerprint density at radius 1 is 0.906 bits per heavy atom. The van der Waals surface area contributed by atoms with Crippen LogP contribution in [0.2, 0.25) is 5.02 Å². The van der Waals surface area contributed by atoms with Gasteiger partial charge in [-0.25, -0.2) is 9.78 Å².